The number of thiophene rings is 1. The molecule has 1 saturated heterocycles. The average molecular weight is 312 g/mol. The Balaban J connectivity index is 1.94. The van der Waals surface area contributed by atoms with Gasteiger partial charge >= 0.3 is 0 Å². The lowest BCUT2D eigenvalue weighted by Crippen LogP contribution is -2.41. The Morgan fingerprint density at radius 2 is 2.24 bits per heavy atom. The fraction of sp³-hybridized carbons (Fsp3) is 0.667. The maximum atomic E-state index is 12.5. The largest absolute Gasteiger partial charge is 0.396 e. The van der Waals surface area contributed by atoms with Crippen LogP contribution in [0.2, 0.25) is 0 Å². The smallest absolute Gasteiger partial charge is 0.237 e. The van der Waals surface area contributed by atoms with Crippen LogP contribution in [0.5, 0.6) is 0 Å². The van der Waals surface area contributed by atoms with Crippen LogP contribution in [0.4, 0.5) is 0 Å². The highest BCUT2D eigenvalue weighted by molar-refractivity contribution is 7.10. The van der Waals surface area contributed by atoms with Gasteiger partial charge < -0.3 is 15.1 Å². The van der Waals surface area contributed by atoms with Crippen molar-refractivity contribution in [2.24, 2.45) is 0 Å². The number of aliphatic hydroxyl groups is 2. The van der Waals surface area contributed by atoms with E-state index in [0.717, 1.165) is 19.4 Å². The number of amides is 1. The van der Waals surface area contributed by atoms with Crippen LogP contribution in [0.1, 0.15) is 30.2 Å². The van der Waals surface area contributed by atoms with Crippen molar-refractivity contribution < 1.29 is 15.0 Å². The standard InChI is InChI=1S/C15H24N2O3S/c18-9-3-6-16(8-10-19)12-15(20)17-7-1-4-13(17)14-5-2-11-21-14/h2,5,11,13,18-19H,1,3-4,6-10,12H2/t13-/m0/s1. The molecule has 2 N–H and O–H groups in total. The molecular formula is C15H24N2O3S. The van der Waals surface area contributed by atoms with E-state index >= 15 is 0 Å². The molecule has 2 rings (SSSR count). The molecule has 0 aromatic carbocycles. The molecule has 2 heterocycles. The molecular weight excluding hydrogens is 288 g/mol. The minimum absolute atomic E-state index is 0.0348. The first kappa shape index (κ1) is 16.4. The van der Waals surface area contributed by atoms with E-state index in [1.807, 2.05) is 15.9 Å². The summed E-state index contributed by atoms with van der Waals surface area (Å²) in [6, 6.07) is 4.34. The Bertz CT molecular complexity index is 425. The Hall–Kier alpha value is -0.950. The summed E-state index contributed by atoms with van der Waals surface area (Å²) in [6.07, 6.45) is 2.70. The van der Waals surface area contributed by atoms with Crippen molar-refractivity contribution in [1.82, 2.24) is 9.80 Å². The summed E-state index contributed by atoms with van der Waals surface area (Å²) in [7, 11) is 0. The molecule has 1 fully saturated rings. The summed E-state index contributed by atoms with van der Waals surface area (Å²) in [6.45, 7) is 2.39. The number of rotatable bonds is 8. The summed E-state index contributed by atoms with van der Waals surface area (Å²) >= 11 is 1.70. The first-order chi connectivity index (χ1) is 10.3. The number of aliphatic hydroxyl groups excluding tert-OH is 2. The van der Waals surface area contributed by atoms with Gasteiger partial charge in [-0.1, -0.05) is 6.07 Å². The maximum Gasteiger partial charge on any atom is 0.237 e. The Kier molecular flexibility index (Phi) is 6.63. The topological polar surface area (TPSA) is 64.0 Å². The number of carbonyl (C=O) groups is 1. The van der Waals surface area contributed by atoms with Gasteiger partial charge in [-0.3, -0.25) is 9.69 Å². The molecule has 1 aliphatic rings. The molecule has 1 aromatic rings. The second-order valence-electron chi connectivity index (χ2n) is 5.34. The van der Waals surface area contributed by atoms with Gasteiger partial charge in [0.25, 0.3) is 0 Å². The molecule has 118 valence electrons. The summed E-state index contributed by atoms with van der Waals surface area (Å²) in [4.78, 5) is 17.7. The monoisotopic (exact) mass is 312 g/mol. The zero-order valence-corrected chi connectivity index (χ0v) is 13.1. The van der Waals surface area contributed by atoms with E-state index in [2.05, 4.69) is 11.4 Å². The molecule has 1 atom stereocenters. The third-order valence-corrected chi connectivity index (χ3v) is 4.83. The lowest BCUT2D eigenvalue weighted by molar-refractivity contribution is -0.133. The van der Waals surface area contributed by atoms with E-state index in [0.29, 0.717) is 26.1 Å². The van der Waals surface area contributed by atoms with Gasteiger partial charge in [0.05, 0.1) is 19.2 Å². The molecule has 0 bridgehead atoms. The summed E-state index contributed by atoms with van der Waals surface area (Å²) in [5, 5.41) is 20.1. The second-order valence-corrected chi connectivity index (χ2v) is 6.32. The number of carbonyl (C=O) groups excluding carboxylic acids is 1. The molecule has 0 saturated carbocycles. The van der Waals surface area contributed by atoms with Gasteiger partial charge in [-0.15, -0.1) is 11.3 Å². The SMILES string of the molecule is O=C(CN(CCO)CCCO)N1CCC[C@H]1c1cccs1. The number of likely N-dealkylation sites (tertiary alicyclic amines) is 1. The van der Waals surface area contributed by atoms with Crippen molar-refractivity contribution in [3.05, 3.63) is 22.4 Å². The van der Waals surface area contributed by atoms with Crippen LogP contribution in [0.3, 0.4) is 0 Å². The minimum atomic E-state index is 0.0348. The lowest BCUT2D eigenvalue weighted by Gasteiger charge is -2.28. The number of hydrogen-bond donors (Lipinski definition) is 2. The average Bonchev–Trinajstić information content (AvgIpc) is 3.14. The highest BCUT2D eigenvalue weighted by Gasteiger charge is 2.31. The van der Waals surface area contributed by atoms with E-state index in [9.17, 15) is 4.79 Å². The van der Waals surface area contributed by atoms with Crippen LogP contribution < -0.4 is 0 Å². The molecule has 21 heavy (non-hydrogen) atoms. The molecule has 5 nitrogen and oxygen atoms in total. The summed E-state index contributed by atoms with van der Waals surface area (Å²) in [5.41, 5.74) is 0. The van der Waals surface area contributed by atoms with Gasteiger partial charge in [0, 0.05) is 31.1 Å². The van der Waals surface area contributed by atoms with Crippen LogP contribution in [0.15, 0.2) is 17.5 Å². The van der Waals surface area contributed by atoms with Crippen LogP contribution >= 0.6 is 11.3 Å². The summed E-state index contributed by atoms with van der Waals surface area (Å²) < 4.78 is 0. The zero-order chi connectivity index (χ0) is 15.1. The minimum Gasteiger partial charge on any atom is -0.396 e. The Morgan fingerprint density at radius 3 is 2.90 bits per heavy atom. The van der Waals surface area contributed by atoms with Gasteiger partial charge in [0.1, 0.15) is 0 Å². The zero-order valence-electron chi connectivity index (χ0n) is 12.3. The molecule has 6 heteroatoms. The van der Waals surface area contributed by atoms with Gasteiger partial charge in [0.15, 0.2) is 0 Å². The lowest BCUT2D eigenvalue weighted by atomic mass is 10.2. The van der Waals surface area contributed by atoms with Crippen molar-refractivity contribution >= 4 is 17.2 Å². The van der Waals surface area contributed by atoms with Crippen molar-refractivity contribution in [3.63, 3.8) is 0 Å². The van der Waals surface area contributed by atoms with Crippen molar-refractivity contribution in [2.75, 3.05) is 39.4 Å². The van der Waals surface area contributed by atoms with E-state index in [1.165, 1.54) is 4.88 Å². The predicted molar refractivity (Wildman–Crippen MR) is 83.2 cm³/mol. The number of hydrogen-bond acceptors (Lipinski definition) is 5. The maximum absolute atomic E-state index is 12.5. The van der Waals surface area contributed by atoms with Gasteiger partial charge in [0.2, 0.25) is 5.91 Å². The van der Waals surface area contributed by atoms with E-state index in [-0.39, 0.29) is 25.2 Å². The van der Waals surface area contributed by atoms with E-state index < -0.39 is 0 Å². The fourth-order valence-electron chi connectivity index (χ4n) is 2.83. The molecule has 0 aliphatic carbocycles. The van der Waals surface area contributed by atoms with Crippen LogP contribution in [0.25, 0.3) is 0 Å². The van der Waals surface area contributed by atoms with Crippen molar-refractivity contribution in [2.45, 2.75) is 25.3 Å². The third-order valence-electron chi connectivity index (χ3n) is 3.85. The quantitative estimate of drug-likeness (QED) is 0.754. The van der Waals surface area contributed by atoms with Gasteiger partial charge in [-0.2, -0.15) is 0 Å². The second kappa shape index (κ2) is 8.48. The molecule has 0 spiro atoms. The first-order valence-corrected chi connectivity index (χ1v) is 8.41. The number of nitrogens with zero attached hydrogens (tertiary/aromatic N) is 2. The predicted octanol–water partition coefficient (Wildman–Crippen LogP) is 1.09. The van der Waals surface area contributed by atoms with Crippen molar-refractivity contribution in [3.8, 4) is 0 Å². The van der Waals surface area contributed by atoms with E-state index in [1.54, 1.807) is 11.3 Å². The Morgan fingerprint density at radius 1 is 1.38 bits per heavy atom. The molecule has 0 radical (unpaired) electrons. The van der Waals surface area contributed by atoms with Crippen LogP contribution in [-0.4, -0.2) is 65.3 Å². The third kappa shape index (κ3) is 4.51. The normalized spacial score (nSPS) is 18.6. The van der Waals surface area contributed by atoms with E-state index in [4.69, 9.17) is 10.2 Å². The summed E-state index contributed by atoms with van der Waals surface area (Å²) in [5.74, 6) is 0.122. The van der Waals surface area contributed by atoms with Crippen LogP contribution in [0, 0.1) is 0 Å². The first-order valence-electron chi connectivity index (χ1n) is 7.53. The highest BCUT2D eigenvalue weighted by atomic mass is 32.1. The van der Waals surface area contributed by atoms with Crippen LogP contribution in [-0.2, 0) is 4.79 Å². The van der Waals surface area contributed by atoms with Gasteiger partial charge in [-0.05, 0) is 30.7 Å². The molecule has 1 amide bonds. The Labute approximate surface area is 129 Å². The molecule has 1 aliphatic heterocycles. The van der Waals surface area contributed by atoms with Gasteiger partial charge in [-0.25, -0.2) is 0 Å². The highest BCUT2D eigenvalue weighted by Crippen LogP contribution is 2.34. The fourth-order valence-corrected chi connectivity index (χ4v) is 3.70. The molecule has 1 aromatic heterocycles. The van der Waals surface area contributed by atoms with Crippen molar-refractivity contribution in [1.29, 1.82) is 0 Å². The molecule has 0 unspecified atom stereocenters.